The number of carbonyl (C=O) groups is 2. The van der Waals surface area contributed by atoms with Crippen molar-refractivity contribution >= 4 is 17.3 Å². The Balaban J connectivity index is 2.25. The molecular weight excluding hydrogens is 240 g/mol. The van der Waals surface area contributed by atoms with Crippen LogP contribution in [0.1, 0.15) is 48.2 Å². The molecule has 0 unspecified atom stereocenters. The summed E-state index contributed by atoms with van der Waals surface area (Å²) in [6.07, 6.45) is 1.37. The zero-order valence-corrected chi connectivity index (χ0v) is 11.4. The summed E-state index contributed by atoms with van der Waals surface area (Å²) < 4.78 is 5.98. The highest BCUT2D eigenvalue weighted by molar-refractivity contribution is 6.52. The number of carbonyl (C=O) groups excluding carboxylic acids is 2. The Morgan fingerprint density at radius 1 is 1.11 bits per heavy atom. The van der Waals surface area contributed by atoms with Gasteiger partial charge in [-0.15, -0.1) is 0 Å². The van der Waals surface area contributed by atoms with Gasteiger partial charge < -0.3 is 4.74 Å². The molecule has 2 aliphatic rings. The van der Waals surface area contributed by atoms with Gasteiger partial charge in [0.15, 0.2) is 0 Å². The number of allylic oxidation sites excluding steroid dienone is 1. The molecule has 0 saturated heterocycles. The lowest BCUT2D eigenvalue weighted by molar-refractivity contribution is -0.112. The second-order valence-electron chi connectivity index (χ2n) is 5.88. The van der Waals surface area contributed by atoms with Gasteiger partial charge >= 0.3 is 0 Å². The van der Waals surface area contributed by atoms with E-state index in [2.05, 4.69) is 0 Å². The largest absolute Gasteiger partial charge is 0.487 e. The van der Waals surface area contributed by atoms with Crippen molar-refractivity contribution in [1.29, 1.82) is 0 Å². The number of fused-ring (bicyclic) bond motifs is 2. The summed E-state index contributed by atoms with van der Waals surface area (Å²) in [6.45, 7) is 5.98. The molecule has 0 radical (unpaired) electrons. The normalized spacial score (nSPS) is 20.8. The minimum absolute atomic E-state index is 0.291. The molecule has 0 N–H and O–H groups in total. The zero-order valence-electron chi connectivity index (χ0n) is 11.4. The Bertz CT molecular complexity index is 635. The zero-order chi connectivity index (χ0) is 13.8. The summed E-state index contributed by atoms with van der Waals surface area (Å²) in [5.41, 5.74) is 2.54. The fourth-order valence-electron chi connectivity index (χ4n) is 2.67. The van der Waals surface area contributed by atoms with Gasteiger partial charge in [-0.2, -0.15) is 0 Å². The van der Waals surface area contributed by atoms with Crippen molar-refractivity contribution < 1.29 is 14.3 Å². The minimum atomic E-state index is -0.406. The highest BCUT2D eigenvalue weighted by Crippen LogP contribution is 2.41. The van der Waals surface area contributed by atoms with Gasteiger partial charge in [-0.25, -0.2) is 0 Å². The second-order valence-corrected chi connectivity index (χ2v) is 5.88. The van der Waals surface area contributed by atoms with E-state index in [-0.39, 0.29) is 5.60 Å². The van der Waals surface area contributed by atoms with Crippen LogP contribution in [0.2, 0.25) is 0 Å². The summed E-state index contributed by atoms with van der Waals surface area (Å²) in [5, 5.41) is 0. The molecule has 1 aromatic carbocycles. The van der Waals surface area contributed by atoms with Gasteiger partial charge in [0.25, 0.3) is 0 Å². The number of hydrogen-bond donors (Lipinski definition) is 0. The monoisotopic (exact) mass is 256 g/mol. The van der Waals surface area contributed by atoms with Crippen molar-refractivity contribution in [2.24, 2.45) is 0 Å². The Morgan fingerprint density at radius 3 is 2.58 bits per heavy atom. The first-order valence-electron chi connectivity index (χ1n) is 6.51. The Kier molecular flexibility index (Phi) is 2.43. The minimum Gasteiger partial charge on any atom is -0.487 e. The highest BCUT2D eigenvalue weighted by Gasteiger charge is 2.39. The van der Waals surface area contributed by atoms with E-state index in [1.165, 1.54) is 0 Å². The molecule has 0 fully saturated rings. The van der Waals surface area contributed by atoms with Crippen LogP contribution >= 0.6 is 0 Å². The summed E-state index contributed by atoms with van der Waals surface area (Å²) in [7, 11) is 0. The molecule has 0 amide bonds. The van der Waals surface area contributed by atoms with Crippen molar-refractivity contribution in [3.63, 3.8) is 0 Å². The van der Waals surface area contributed by atoms with Gasteiger partial charge in [0.1, 0.15) is 11.4 Å². The summed E-state index contributed by atoms with van der Waals surface area (Å²) in [4.78, 5) is 24.2. The van der Waals surface area contributed by atoms with E-state index >= 15 is 0 Å². The SMILES string of the molecule is Cc1ccc2c(c1)C1=C(CCC(C)(C)O1)C(=O)C2=O. The number of Topliss-reactive ketones (excluding diaryl/α,β-unsaturated/α-hetero) is 2. The molecule has 1 heterocycles. The fraction of sp³-hybridized carbons (Fsp3) is 0.375. The van der Waals surface area contributed by atoms with E-state index in [1.54, 1.807) is 6.07 Å². The highest BCUT2D eigenvalue weighted by atomic mass is 16.5. The standard InChI is InChI=1S/C16H16O3/c1-9-4-5-10-12(8-9)15-11(14(18)13(10)17)6-7-16(2,3)19-15/h4-5,8H,6-7H2,1-3H3. The Morgan fingerprint density at radius 2 is 1.84 bits per heavy atom. The van der Waals surface area contributed by atoms with Crippen LogP contribution in [0.3, 0.4) is 0 Å². The Hall–Kier alpha value is -1.90. The van der Waals surface area contributed by atoms with Gasteiger partial charge in [0.2, 0.25) is 11.6 Å². The van der Waals surface area contributed by atoms with Gasteiger partial charge in [0, 0.05) is 16.7 Å². The molecule has 0 bridgehead atoms. The van der Waals surface area contributed by atoms with Crippen LogP contribution in [-0.4, -0.2) is 17.2 Å². The molecule has 3 rings (SSSR count). The van der Waals surface area contributed by atoms with Crippen LogP contribution in [0.5, 0.6) is 0 Å². The molecule has 1 aliphatic carbocycles. The lowest BCUT2D eigenvalue weighted by Gasteiger charge is -2.36. The van der Waals surface area contributed by atoms with E-state index in [4.69, 9.17) is 4.74 Å². The lowest BCUT2D eigenvalue weighted by atomic mass is 9.82. The van der Waals surface area contributed by atoms with E-state index in [0.717, 1.165) is 17.5 Å². The second kappa shape index (κ2) is 3.80. The Labute approximate surface area is 112 Å². The molecule has 1 aromatic rings. The number of ketones is 2. The van der Waals surface area contributed by atoms with Crippen molar-refractivity contribution in [1.82, 2.24) is 0 Å². The molecule has 3 nitrogen and oxygen atoms in total. The molecule has 0 atom stereocenters. The van der Waals surface area contributed by atoms with Crippen LogP contribution in [0.15, 0.2) is 23.8 Å². The third-order valence-electron chi connectivity index (χ3n) is 3.77. The quantitative estimate of drug-likeness (QED) is 0.670. The van der Waals surface area contributed by atoms with E-state index in [0.29, 0.717) is 23.3 Å². The number of rotatable bonds is 0. The maximum Gasteiger partial charge on any atom is 0.234 e. The van der Waals surface area contributed by atoms with Crippen molar-refractivity contribution in [2.45, 2.75) is 39.2 Å². The van der Waals surface area contributed by atoms with Crippen LogP contribution in [0.4, 0.5) is 0 Å². The van der Waals surface area contributed by atoms with Crippen LogP contribution in [-0.2, 0) is 9.53 Å². The van der Waals surface area contributed by atoms with Crippen LogP contribution in [0.25, 0.3) is 5.76 Å². The van der Waals surface area contributed by atoms with Crippen LogP contribution < -0.4 is 0 Å². The van der Waals surface area contributed by atoms with E-state index in [9.17, 15) is 9.59 Å². The maximum atomic E-state index is 12.1. The number of ether oxygens (including phenoxy) is 1. The molecule has 3 heteroatoms. The smallest absolute Gasteiger partial charge is 0.234 e. The third-order valence-corrected chi connectivity index (χ3v) is 3.77. The van der Waals surface area contributed by atoms with E-state index in [1.807, 2.05) is 32.9 Å². The third kappa shape index (κ3) is 1.81. The summed E-state index contributed by atoms with van der Waals surface area (Å²) in [5.74, 6) is -0.196. The first-order chi connectivity index (χ1) is 8.89. The molecule has 0 spiro atoms. The van der Waals surface area contributed by atoms with Crippen molar-refractivity contribution in [3.8, 4) is 0 Å². The molecule has 19 heavy (non-hydrogen) atoms. The maximum absolute atomic E-state index is 12.1. The average Bonchev–Trinajstić information content (AvgIpc) is 2.35. The van der Waals surface area contributed by atoms with Gasteiger partial charge in [-0.3, -0.25) is 9.59 Å². The first-order valence-corrected chi connectivity index (χ1v) is 6.51. The number of aryl methyl sites for hydroxylation is 1. The van der Waals surface area contributed by atoms with Gasteiger partial charge in [-0.05, 0) is 45.7 Å². The molecular formula is C16H16O3. The average molecular weight is 256 g/mol. The predicted molar refractivity (Wildman–Crippen MR) is 71.8 cm³/mol. The molecule has 0 saturated carbocycles. The van der Waals surface area contributed by atoms with Crippen molar-refractivity contribution in [3.05, 3.63) is 40.5 Å². The summed E-state index contributed by atoms with van der Waals surface area (Å²) >= 11 is 0. The summed E-state index contributed by atoms with van der Waals surface area (Å²) in [6, 6.07) is 5.50. The van der Waals surface area contributed by atoms with Gasteiger partial charge in [-0.1, -0.05) is 11.6 Å². The van der Waals surface area contributed by atoms with E-state index < -0.39 is 11.6 Å². The fourth-order valence-corrected chi connectivity index (χ4v) is 2.67. The van der Waals surface area contributed by atoms with Crippen molar-refractivity contribution in [2.75, 3.05) is 0 Å². The molecule has 0 aromatic heterocycles. The number of hydrogen-bond acceptors (Lipinski definition) is 3. The first kappa shape index (κ1) is 12.2. The van der Waals surface area contributed by atoms with Gasteiger partial charge in [0.05, 0.1) is 0 Å². The molecule has 1 aliphatic heterocycles. The topological polar surface area (TPSA) is 43.4 Å². The molecule has 98 valence electrons. The van der Waals surface area contributed by atoms with Crippen LogP contribution in [0, 0.1) is 6.92 Å². The number of benzene rings is 1. The lowest BCUT2D eigenvalue weighted by Crippen LogP contribution is -2.34. The predicted octanol–water partition coefficient (Wildman–Crippen LogP) is 3.06.